The highest BCUT2D eigenvalue weighted by atomic mass is 35.5. The van der Waals surface area contributed by atoms with Gasteiger partial charge in [0.05, 0.1) is 19.8 Å². The second-order valence-electron chi connectivity index (χ2n) is 7.19. The first-order chi connectivity index (χ1) is 14.2. The molecule has 0 radical (unpaired) electrons. The van der Waals surface area contributed by atoms with E-state index in [1.807, 2.05) is 0 Å². The summed E-state index contributed by atoms with van der Waals surface area (Å²) in [6.45, 7) is 2.18. The maximum atomic E-state index is 10.9. The summed E-state index contributed by atoms with van der Waals surface area (Å²) in [6, 6.07) is 10.3. The molecule has 0 aliphatic carbocycles. The molecule has 164 valence electrons. The van der Waals surface area contributed by atoms with Crippen LogP contribution in [-0.2, 0) is 32.2 Å². The van der Waals surface area contributed by atoms with E-state index >= 15 is 0 Å². The van der Waals surface area contributed by atoms with E-state index in [0.717, 1.165) is 11.1 Å². The molecular formula is C21H22Cl4O5. The van der Waals surface area contributed by atoms with E-state index in [9.17, 15) is 5.11 Å². The molecule has 5 nitrogen and oxygen atoms in total. The van der Waals surface area contributed by atoms with Gasteiger partial charge in [0.1, 0.15) is 17.8 Å². The van der Waals surface area contributed by atoms with Gasteiger partial charge in [0.15, 0.2) is 6.29 Å². The maximum Gasteiger partial charge on any atom is 0.188 e. The minimum atomic E-state index is -1.39. The third kappa shape index (κ3) is 5.60. The molecule has 2 aromatic carbocycles. The zero-order valence-corrected chi connectivity index (χ0v) is 19.4. The Hall–Kier alpha value is -0.600. The predicted octanol–water partition coefficient (Wildman–Crippen LogP) is 5.52. The Bertz CT molecular complexity index is 876. The van der Waals surface area contributed by atoms with Crippen LogP contribution in [0, 0.1) is 0 Å². The van der Waals surface area contributed by atoms with Gasteiger partial charge in [0.2, 0.25) is 0 Å². The molecule has 9 heteroatoms. The van der Waals surface area contributed by atoms with Crippen LogP contribution in [0.5, 0.6) is 0 Å². The van der Waals surface area contributed by atoms with Gasteiger partial charge < -0.3 is 24.1 Å². The Balaban J connectivity index is 1.66. The number of hydrogen-bond donors (Lipinski definition) is 1. The lowest BCUT2D eigenvalue weighted by atomic mass is 9.97. The fourth-order valence-electron chi connectivity index (χ4n) is 3.32. The Morgan fingerprint density at radius 3 is 2.07 bits per heavy atom. The highest BCUT2D eigenvalue weighted by Crippen LogP contribution is 2.35. The Kier molecular flexibility index (Phi) is 8.29. The molecule has 2 aromatic rings. The monoisotopic (exact) mass is 494 g/mol. The standard InChI is InChI=1S/C21H22Cl4O5/c1-21(26)19(29-10-13-4-6-15(23)8-17(13)25)18(30-20(21)27-2)11-28-9-12-3-5-14(22)7-16(12)24/h3-8,18-20,26H,9-11H2,1-2H3/t18-,19-,20+,21?/m1/s1. The van der Waals surface area contributed by atoms with Crippen molar-refractivity contribution in [2.45, 2.75) is 44.2 Å². The lowest BCUT2D eigenvalue weighted by Gasteiger charge is -2.29. The average molecular weight is 496 g/mol. The molecule has 0 aromatic heterocycles. The summed E-state index contributed by atoms with van der Waals surface area (Å²) in [7, 11) is 1.46. The largest absolute Gasteiger partial charge is 0.382 e. The molecule has 0 spiro atoms. The normalized spacial score (nSPS) is 26.3. The quantitative estimate of drug-likeness (QED) is 0.522. The number of hydrogen-bond acceptors (Lipinski definition) is 5. The highest BCUT2D eigenvalue weighted by Gasteiger charge is 2.54. The zero-order valence-electron chi connectivity index (χ0n) is 16.4. The number of methoxy groups -OCH3 is 1. The first-order valence-electron chi connectivity index (χ1n) is 9.20. The SMILES string of the molecule is CO[C@H]1O[C@H](COCc2ccc(Cl)cc2Cl)[C@@H](OCc2ccc(Cl)cc2Cl)C1(C)O. The first-order valence-corrected chi connectivity index (χ1v) is 10.7. The molecule has 0 saturated carbocycles. The third-order valence-corrected chi connectivity index (χ3v) is 6.07. The van der Waals surface area contributed by atoms with Crippen molar-refractivity contribution in [1.29, 1.82) is 0 Å². The zero-order chi connectivity index (χ0) is 21.9. The lowest BCUT2D eigenvalue weighted by Crippen LogP contribution is -2.48. The topological polar surface area (TPSA) is 57.2 Å². The van der Waals surface area contributed by atoms with E-state index in [1.165, 1.54) is 7.11 Å². The van der Waals surface area contributed by atoms with Crippen LogP contribution in [-0.4, -0.2) is 42.9 Å². The van der Waals surface area contributed by atoms with Crippen molar-refractivity contribution in [3.8, 4) is 0 Å². The summed E-state index contributed by atoms with van der Waals surface area (Å²) in [5.74, 6) is 0. The molecule has 1 aliphatic rings. The van der Waals surface area contributed by atoms with Crippen molar-refractivity contribution >= 4 is 46.4 Å². The van der Waals surface area contributed by atoms with E-state index in [-0.39, 0.29) is 19.8 Å². The van der Waals surface area contributed by atoms with Crippen LogP contribution < -0.4 is 0 Å². The molecule has 1 aliphatic heterocycles. The smallest absolute Gasteiger partial charge is 0.188 e. The van der Waals surface area contributed by atoms with E-state index in [4.69, 9.17) is 65.4 Å². The Morgan fingerprint density at radius 2 is 1.53 bits per heavy atom. The van der Waals surface area contributed by atoms with Gasteiger partial charge in [-0.15, -0.1) is 0 Å². The van der Waals surface area contributed by atoms with Crippen LogP contribution in [0.4, 0.5) is 0 Å². The van der Waals surface area contributed by atoms with Crippen LogP contribution in [0.2, 0.25) is 20.1 Å². The number of aliphatic hydroxyl groups is 1. The number of rotatable bonds is 8. The van der Waals surface area contributed by atoms with Gasteiger partial charge >= 0.3 is 0 Å². The molecular weight excluding hydrogens is 474 g/mol. The van der Waals surface area contributed by atoms with Gasteiger partial charge in [-0.2, -0.15) is 0 Å². The molecule has 1 unspecified atom stereocenters. The van der Waals surface area contributed by atoms with Crippen molar-refractivity contribution in [3.05, 3.63) is 67.6 Å². The minimum Gasteiger partial charge on any atom is -0.382 e. The molecule has 1 saturated heterocycles. The van der Waals surface area contributed by atoms with Crippen LogP contribution in [0.25, 0.3) is 0 Å². The van der Waals surface area contributed by atoms with Gasteiger partial charge in [0.25, 0.3) is 0 Å². The van der Waals surface area contributed by atoms with E-state index in [2.05, 4.69) is 0 Å². The lowest BCUT2D eigenvalue weighted by molar-refractivity contribution is -0.190. The van der Waals surface area contributed by atoms with Gasteiger partial charge in [-0.1, -0.05) is 58.5 Å². The van der Waals surface area contributed by atoms with E-state index in [0.29, 0.717) is 20.1 Å². The fourth-order valence-corrected chi connectivity index (χ4v) is 4.24. The predicted molar refractivity (Wildman–Crippen MR) is 117 cm³/mol. The van der Waals surface area contributed by atoms with Crippen LogP contribution in [0.3, 0.4) is 0 Å². The van der Waals surface area contributed by atoms with Gasteiger partial charge in [-0.05, 0) is 42.3 Å². The molecule has 3 rings (SSSR count). The summed E-state index contributed by atoms with van der Waals surface area (Å²) in [6.07, 6.45) is -2.15. The number of halogens is 4. The van der Waals surface area contributed by atoms with Gasteiger partial charge in [0, 0.05) is 27.2 Å². The average Bonchev–Trinajstić information content (AvgIpc) is 2.92. The molecule has 1 N–H and O–H groups in total. The van der Waals surface area contributed by atoms with E-state index < -0.39 is 24.1 Å². The third-order valence-electron chi connectivity index (χ3n) is 4.89. The van der Waals surface area contributed by atoms with Crippen molar-refractivity contribution < 1.29 is 24.1 Å². The van der Waals surface area contributed by atoms with Crippen LogP contribution in [0.1, 0.15) is 18.1 Å². The summed E-state index contributed by atoms with van der Waals surface area (Å²) in [5.41, 5.74) is 0.143. The van der Waals surface area contributed by atoms with E-state index in [1.54, 1.807) is 43.3 Å². The molecule has 0 bridgehead atoms. The minimum absolute atomic E-state index is 0.161. The first kappa shape index (κ1) is 24.1. The molecule has 30 heavy (non-hydrogen) atoms. The molecule has 4 atom stereocenters. The molecule has 1 fully saturated rings. The number of benzene rings is 2. The van der Waals surface area contributed by atoms with Crippen molar-refractivity contribution in [2.24, 2.45) is 0 Å². The van der Waals surface area contributed by atoms with Crippen molar-refractivity contribution in [2.75, 3.05) is 13.7 Å². The highest BCUT2D eigenvalue weighted by molar-refractivity contribution is 6.35. The van der Waals surface area contributed by atoms with Crippen LogP contribution >= 0.6 is 46.4 Å². The second-order valence-corrected chi connectivity index (χ2v) is 8.87. The van der Waals surface area contributed by atoms with Crippen molar-refractivity contribution in [3.63, 3.8) is 0 Å². The summed E-state index contributed by atoms with van der Waals surface area (Å²) >= 11 is 24.3. The summed E-state index contributed by atoms with van der Waals surface area (Å²) in [5, 5.41) is 13.0. The Morgan fingerprint density at radius 1 is 0.967 bits per heavy atom. The van der Waals surface area contributed by atoms with Crippen LogP contribution in [0.15, 0.2) is 36.4 Å². The van der Waals surface area contributed by atoms with Gasteiger partial charge in [-0.25, -0.2) is 0 Å². The number of ether oxygens (including phenoxy) is 4. The fraction of sp³-hybridized carbons (Fsp3) is 0.429. The van der Waals surface area contributed by atoms with Gasteiger partial charge in [-0.3, -0.25) is 0 Å². The summed E-state index contributed by atoms with van der Waals surface area (Å²) in [4.78, 5) is 0. The second kappa shape index (κ2) is 10.3. The molecule has 0 amide bonds. The molecule has 1 heterocycles. The maximum absolute atomic E-state index is 10.9. The van der Waals surface area contributed by atoms with Crippen molar-refractivity contribution in [1.82, 2.24) is 0 Å². The summed E-state index contributed by atoms with van der Waals surface area (Å²) < 4.78 is 22.9. The Labute approximate surface area is 195 Å².